The van der Waals surface area contributed by atoms with Crippen molar-refractivity contribution in [2.45, 2.75) is 18.9 Å². The molecule has 0 atom stereocenters. The zero-order valence-corrected chi connectivity index (χ0v) is 14.4. The average Bonchev–Trinajstić information content (AvgIpc) is 2.63. The molecule has 0 amide bonds. The van der Waals surface area contributed by atoms with Gasteiger partial charge in [-0.05, 0) is 44.1 Å². The molecule has 0 bridgehead atoms. The number of nitrogens with one attached hydrogen (secondary N) is 2. The lowest BCUT2D eigenvalue weighted by molar-refractivity contribution is 0.122. The molecular formula is C17H22ClN5O. The molecule has 4 rings (SSSR count). The summed E-state index contributed by atoms with van der Waals surface area (Å²) in [5.74, 6) is 1.65. The van der Waals surface area contributed by atoms with Gasteiger partial charge in [-0.3, -0.25) is 0 Å². The number of morpholine rings is 1. The smallest absolute Gasteiger partial charge is 0.225 e. The largest absolute Gasteiger partial charge is 0.378 e. The molecule has 2 fully saturated rings. The predicted molar refractivity (Wildman–Crippen MR) is 97.1 cm³/mol. The van der Waals surface area contributed by atoms with E-state index in [0.29, 0.717) is 17.0 Å². The van der Waals surface area contributed by atoms with Crippen LogP contribution < -0.4 is 15.5 Å². The Bertz CT molecular complexity index is 713. The van der Waals surface area contributed by atoms with Gasteiger partial charge in [0.1, 0.15) is 5.82 Å². The van der Waals surface area contributed by atoms with Crippen molar-refractivity contribution in [2.75, 3.05) is 49.6 Å². The number of piperidine rings is 1. The third-order valence-electron chi connectivity index (χ3n) is 4.62. The van der Waals surface area contributed by atoms with Crippen molar-refractivity contribution < 1.29 is 4.74 Å². The predicted octanol–water partition coefficient (Wildman–Crippen LogP) is 2.28. The number of rotatable bonds is 3. The Morgan fingerprint density at radius 2 is 1.96 bits per heavy atom. The third kappa shape index (κ3) is 3.41. The summed E-state index contributed by atoms with van der Waals surface area (Å²) in [5, 5.41) is 8.60. The lowest BCUT2D eigenvalue weighted by Gasteiger charge is -2.29. The Morgan fingerprint density at radius 1 is 1.17 bits per heavy atom. The van der Waals surface area contributed by atoms with Crippen LogP contribution in [0.4, 0.5) is 11.8 Å². The topological polar surface area (TPSA) is 62.3 Å². The highest BCUT2D eigenvalue weighted by Gasteiger charge is 2.19. The molecule has 6 nitrogen and oxygen atoms in total. The van der Waals surface area contributed by atoms with Crippen LogP contribution >= 0.6 is 11.6 Å². The summed E-state index contributed by atoms with van der Waals surface area (Å²) in [6.45, 7) is 5.21. The van der Waals surface area contributed by atoms with E-state index >= 15 is 0 Å². The molecule has 24 heavy (non-hydrogen) atoms. The van der Waals surface area contributed by atoms with Crippen molar-refractivity contribution in [1.82, 2.24) is 15.3 Å². The van der Waals surface area contributed by atoms with E-state index in [0.717, 1.165) is 69.0 Å². The van der Waals surface area contributed by atoms with Crippen molar-refractivity contribution >= 4 is 34.3 Å². The van der Waals surface area contributed by atoms with Crippen molar-refractivity contribution in [2.24, 2.45) is 0 Å². The Hall–Kier alpha value is -1.63. The lowest BCUT2D eigenvalue weighted by Crippen LogP contribution is -2.38. The van der Waals surface area contributed by atoms with E-state index in [1.54, 1.807) is 0 Å². The number of halogens is 1. The highest BCUT2D eigenvalue weighted by Crippen LogP contribution is 2.29. The van der Waals surface area contributed by atoms with Gasteiger partial charge >= 0.3 is 0 Å². The number of nitrogens with zero attached hydrogens (tertiary/aromatic N) is 3. The molecule has 7 heteroatoms. The second kappa shape index (κ2) is 7.09. The number of ether oxygens (including phenoxy) is 1. The second-order valence-corrected chi connectivity index (χ2v) is 6.74. The zero-order valence-electron chi connectivity index (χ0n) is 13.6. The van der Waals surface area contributed by atoms with E-state index in [2.05, 4.69) is 15.5 Å². The van der Waals surface area contributed by atoms with Crippen molar-refractivity contribution in [3.63, 3.8) is 0 Å². The van der Waals surface area contributed by atoms with Crippen LogP contribution in [0, 0.1) is 0 Å². The standard InChI is InChI=1S/C17H22ClN5O/c18-12-1-2-15-14(11-12)16(23-7-9-24-10-8-23)22-17(21-15)20-13-3-5-19-6-4-13/h1-2,11,13,19H,3-10H2,(H,20,21,22). The van der Waals surface area contributed by atoms with Crippen LogP contribution in [0.3, 0.4) is 0 Å². The maximum absolute atomic E-state index is 6.20. The summed E-state index contributed by atoms with van der Waals surface area (Å²) in [7, 11) is 0. The fourth-order valence-corrected chi connectivity index (χ4v) is 3.49. The fourth-order valence-electron chi connectivity index (χ4n) is 3.31. The number of fused-ring (bicyclic) bond motifs is 1. The summed E-state index contributed by atoms with van der Waals surface area (Å²) in [6, 6.07) is 6.23. The van der Waals surface area contributed by atoms with E-state index in [-0.39, 0.29) is 0 Å². The van der Waals surface area contributed by atoms with Crippen LogP contribution in [0.2, 0.25) is 5.02 Å². The van der Waals surface area contributed by atoms with Crippen LogP contribution in [0.15, 0.2) is 18.2 Å². The van der Waals surface area contributed by atoms with E-state index in [1.807, 2.05) is 18.2 Å². The van der Waals surface area contributed by atoms with E-state index in [1.165, 1.54) is 0 Å². The normalized spacial score (nSPS) is 19.6. The van der Waals surface area contributed by atoms with Crippen LogP contribution in [0.25, 0.3) is 10.9 Å². The molecule has 1 aromatic heterocycles. The maximum Gasteiger partial charge on any atom is 0.225 e. The summed E-state index contributed by atoms with van der Waals surface area (Å²) in [5.41, 5.74) is 0.923. The van der Waals surface area contributed by atoms with Gasteiger partial charge < -0.3 is 20.3 Å². The Labute approximate surface area is 146 Å². The summed E-state index contributed by atoms with van der Waals surface area (Å²) in [4.78, 5) is 11.8. The average molecular weight is 348 g/mol. The third-order valence-corrected chi connectivity index (χ3v) is 4.86. The molecule has 0 unspecified atom stereocenters. The van der Waals surface area contributed by atoms with Gasteiger partial charge in [0.15, 0.2) is 0 Å². The minimum Gasteiger partial charge on any atom is -0.378 e. The zero-order chi connectivity index (χ0) is 16.4. The molecular weight excluding hydrogens is 326 g/mol. The summed E-state index contributed by atoms with van der Waals surface area (Å²) in [6.07, 6.45) is 2.18. The summed E-state index contributed by atoms with van der Waals surface area (Å²) >= 11 is 6.20. The molecule has 1 aromatic carbocycles. The molecule has 2 aliphatic rings. The van der Waals surface area contributed by atoms with Crippen molar-refractivity contribution in [3.05, 3.63) is 23.2 Å². The monoisotopic (exact) mass is 347 g/mol. The van der Waals surface area contributed by atoms with Crippen LogP contribution in [0.1, 0.15) is 12.8 Å². The van der Waals surface area contributed by atoms with Crippen LogP contribution in [0.5, 0.6) is 0 Å². The number of benzene rings is 1. The lowest BCUT2D eigenvalue weighted by atomic mass is 10.1. The van der Waals surface area contributed by atoms with E-state index < -0.39 is 0 Å². The molecule has 3 heterocycles. The highest BCUT2D eigenvalue weighted by molar-refractivity contribution is 6.31. The summed E-state index contributed by atoms with van der Waals surface area (Å²) < 4.78 is 5.48. The fraction of sp³-hybridized carbons (Fsp3) is 0.529. The molecule has 2 N–H and O–H groups in total. The molecule has 128 valence electrons. The van der Waals surface area contributed by atoms with Gasteiger partial charge in [-0.1, -0.05) is 11.6 Å². The minimum absolute atomic E-state index is 0.425. The van der Waals surface area contributed by atoms with Gasteiger partial charge in [-0.25, -0.2) is 4.98 Å². The molecule has 0 saturated carbocycles. The van der Waals surface area contributed by atoms with Gasteiger partial charge in [0, 0.05) is 29.5 Å². The number of hydrogen-bond donors (Lipinski definition) is 2. The SMILES string of the molecule is Clc1ccc2nc(NC3CCNCC3)nc(N3CCOCC3)c2c1. The first kappa shape index (κ1) is 15.9. The molecule has 2 aromatic rings. The molecule has 0 aliphatic carbocycles. The Balaban J connectivity index is 1.70. The van der Waals surface area contributed by atoms with E-state index in [4.69, 9.17) is 26.3 Å². The van der Waals surface area contributed by atoms with Gasteiger partial charge in [-0.15, -0.1) is 0 Å². The number of hydrogen-bond acceptors (Lipinski definition) is 6. The van der Waals surface area contributed by atoms with Gasteiger partial charge in [0.2, 0.25) is 5.95 Å². The maximum atomic E-state index is 6.20. The Kier molecular flexibility index (Phi) is 4.69. The minimum atomic E-state index is 0.425. The number of anilines is 2. The van der Waals surface area contributed by atoms with Gasteiger partial charge in [0.25, 0.3) is 0 Å². The van der Waals surface area contributed by atoms with Gasteiger partial charge in [0.05, 0.1) is 18.7 Å². The Morgan fingerprint density at radius 3 is 2.75 bits per heavy atom. The molecule has 2 saturated heterocycles. The van der Waals surface area contributed by atoms with E-state index in [9.17, 15) is 0 Å². The van der Waals surface area contributed by atoms with Crippen LogP contribution in [-0.2, 0) is 4.74 Å². The molecule has 0 spiro atoms. The van der Waals surface area contributed by atoms with Crippen LogP contribution in [-0.4, -0.2) is 55.4 Å². The number of aromatic nitrogens is 2. The first-order valence-corrected chi connectivity index (χ1v) is 8.95. The molecule has 2 aliphatic heterocycles. The first-order valence-electron chi connectivity index (χ1n) is 8.57. The van der Waals surface area contributed by atoms with Gasteiger partial charge in [-0.2, -0.15) is 4.98 Å². The van der Waals surface area contributed by atoms with Crippen molar-refractivity contribution in [3.8, 4) is 0 Å². The second-order valence-electron chi connectivity index (χ2n) is 6.30. The first-order chi connectivity index (χ1) is 11.8. The highest BCUT2D eigenvalue weighted by atomic mass is 35.5. The quantitative estimate of drug-likeness (QED) is 0.888. The van der Waals surface area contributed by atoms with Crippen molar-refractivity contribution in [1.29, 1.82) is 0 Å². The molecule has 0 radical (unpaired) electrons.